The van der Waals surface area contributed by atoms with Crippen molar-refractivity contribution in [2.45, 2.75) is 45.1 Å². The van der Waals surface area contributed by atoms with Crippen molar-refractivity contribution in [1.82, 2.24) is 0 Å². The SMILES string of the molecule is C[C@H]1C(C=O)O[C@@H]2OC(C)(C)O[C@@H]21. The predicted molar refractivity (Wildman–Crippen MR) is 43.9 cm³/mol. The average Bonchev–Trinajstić information content (AvgIpc) is 2.47. The quantitative estimate of drug-likeness (QED) is 0.565. The topological polar surface area (TPSA) is 44.8 Å². The van der Waals surface area contributed by atoms with Gasteiger partial charge in [-0.15, -0.1) is 0 Å². The molecule has 0 aromatic rings. The first-order valence-electron chi connectivity index (χ1n) is 4.50. The Balaban J connectivity index is 2.11. The van der Waals surface area contributed by atoms with E-state index < -0.39 is 5.79 Å². The number of hydrogen-bond acceptors (Lipinski definition) is 4. The van der Waals surface area contributed by atoms with Crippen LogP contribution in [0.5, 0.6) is 0 Å². The van der Waals surface area contributed by atoms with Crippen LogP contribution in [-0.4, -0.2) is 30.6 Å². The van der Waals surface area contributed by atoms with Gasteiger partial charge in [0.05, 0.1) is 0 Å². The number of carbonyl (C=O) groups excluding carboxylic acids is 1. The van der Waals surface area contributed by atoms with Gasteiger partial charge in [0.2, 0.25) is 0 Å². The Morgan fingerprint density at radius 3 is 2.54 bits per heavy atom. The Hall–Kier alpha value is -0.450. The predicted octanol–water partition coefficient (Wildman–Crippen LogP) is 0.698. The van der Waals surface area contributed by atoms with Crippen LogP contribution in [0, 0.1) is 5.92 Å². The summed E-state index contributed by atoms with van der Waals surface area (Å²) >= 11 is 0. The third kappa shape index (κ3) is 1.39. The van der Waals surface area contributed by atoms with E-state index in [-0.39, 0.29) is 24.4 Å². The van der Waals surface area contributed by atoms with E-state index in [2.05, 4.69) is 0 Å². The Morgan fingerprint density at radius 1 is 1.31 bits per heavy atom. The smallest absolute Gasteiger partial charge is 0.188 e. The molecule has 4 atom stereocenters. The van der Waals surface area contributed by atoms with Crippen LogP contribution in [-0.2, 0) is 19.0 Å². The lowest BCUT2D eigenvalue weighted by Gasteiger charge is -2.21. The van der Waals surface area contributed by atoms with Gasteiger partial charge in [0.25, 0.3) is 0 Å². The van der Waals surface area contributed by atoms with Crippen LogP contribution in [0.15, 0.2) is 0 Å². The Bertz CT molecular complexity index is 226. The Kier molecular flexibility index (Phi) is 1.94. The monoisotopic (exact) mass is 186 g/mol. The number of ether oxygens (including phenoxy) is 3. The minimum absolute atomic E-state index is 0.0734. The van der Waals surface area contributed by atoms with Crippen LogP contribution in [0.3, 0.4) is 0 Å². The van der Waals surface area contributed by atoms with Crippen LogP contribution >= 0.6 is 0 Å². The van der Waals surface area contributed by atoms with Gasteiger partial charge >= 0.3 is 0 Å². The summed E-state index contributed by atoms with van der Waals surface area (Å²) < 4.78 is 16.4. The van der Waals surface area contributed by atoms with Crippen LogP contribution in [0.25, 0.3) is 0 Å². The molecule has 2 aliphatic rings. The Morgan fingerprint density at radius 2 is 2.00 bits per heavy atom. The van der Waals surface area contributed by atoms with Crippen molar-refractivity contribution in [1.29, 1.82) is 0 Å². The molecule has 2 aliphatic heterocycles. The molecule has 0 aromatic carbocycles. The molecule has 0 amide bonds. The third-order valence-electron chi connectivity index (χ3n) is 2.55. The lowest BCUT2D eigenvalue weighted by atomic mass is 10.0. The van der Waals surface area contributed by atoms with Gasteiger partial charge in [-0.2, -0.15) is 0 Å². The van der Waals surface area contributed by atoms with Crippen LogP contribution in [0.1, 0.15) is 20.8 Å². The summed E-state index contributed by atoms with van der Waals surface area (Å²) in [7, 11) is 0. The van der Waals surface area contributed by atoms with Gasteiger partial charge in [0.15, 0.2) is 12.1 Å². The van der Waals surface area contributed by atoms with E-state index in [1.54, 1.807) is 0 Å². The van der Waals surface area contributed by atoms with Crippen LogP contribution < -0.4 is 0 Å². The molecular weight excluding hydrogens is 172 g/mol. The lowest BCUT2D eigenvalue weighted by molar-refractivity contribution is -0.207. The largest absolute Gasteiger partial charge is 0.341 e. The molecule has 4 heteroatoms. The van der Waals surface area contributed by atoms with Crippen molar-refractivity contribution in [3.8, 4) is 0 Å². The van der Waals surface area contributed by atoms with Crippen molar-refractivity contribution < 1.29 is 19.0 Å². The first-order valence-corrected chi connectivity index (χ1v) is 4.50. The molecule has 2 fully saturated rings. The third-order valence-corrected chi connectivity index (χ3v) is 2.55. The molecule has 0 saturated carbocycles. The maximum absolute atomic E-state index is 10.6. The molecule has 0 radical (unpaired) electrons. The first kappa shape index (κ1) is 9.12. The number of rotatable bonds is 1. The second-order valence-corrected chi connectivity index (χ2v) is 4.06. The maximum atomic E-state index is 10.6. The van der Waals surface area contributed by atoms with Crippen molar-refractivity contribution in [3.05, 3.63) is 0 Å². The van der Waals surface area contributed by atoms with E-state index in [1.807, 2.05) is 20.8 Å². The number of aldehydes is 1. The molecule has 0 aromatic heterocycles. The second kappa shape index (κ2) is 2.77. The fraction of sp³-hybridized carbons (Fsp3) is 0.889. The first-order chi connectivity index (χ1) is 6.03. The van der Waals surface area contributed by atoms with Gasteiger partial charge in [-0.05, 0) is 13.8 Å². The summed E-state index contributed by atoms with van der Waals surface area (Å²) in [4.78, 5) is 10.6. The molecule has 0 spiro atoms. The molecule has 2 saturated heterocycles. The van der Waals surface area contributed by atoms with Gasteiger partial charge in [0.1, 0.15) is 18.5 Å². The van der Waals surface area contributed by atoms with Crippen LogP contribution in [0.4, 0.5) is 0 Å². The second-order valence-electron chi connectivity index (χ2n) is 4.06. The molecule has 2 rings (SSSR count). The zero-order chi connectivity index (χ0) is 9.64. The number of carbonyl (C=O) groups is 1. The van der Waals surface area contributed by atoms with E-state index in [9.17, 15) is 4.79 Å². The number of hydrogen-bond donors (Lipinski definition) is 0. The van der Waals surface area contributed by atoms with Crippen molar-refractivity contribution in [3.63, 3.8) is 0 Å². The molecule has 0 bridgehead atoms. The van der Waals surface area contributed by atoms with Gasteiger partial charge in [-0.25, -0.2) is 0 Å². The van der Waals surface area contributed by atoms with E-state index in [0.717, 1.165) is 6.29 Å². The van der Waals surface area contributed by atoms with E-state index >= 15 is 0 Å². The molecule has 4 nitrogen and oxygen atoms in total. The summed E-state index contributed by atoms with van der Waals surface area (Å²) in [6.45, 7) is 5.63. The highest BCUT2D eigenvalue weighted by Gasteiger charge is 2.52. The van der Waals surface area contributed by atoms with E-state index in [1.165, 1.54) is 0 Å². The molecule has 2 heterocycles. The van der Waals surface area contributed by atoms with E-state index in [0.29, 0.717) is 0 Å². The minimum Gasteiger partial charge on any atom is -0.341 e. The van der Waals surface area contributed by atoms with Gasteiger partial charge in [-0.1, -0.05) is 6.92 Å². The molecule has 1 unspecified atom stereocenters. The Labute approximate surface area is 77.1 Å². The van der Waals surface area contributed by atoms with Crippen molar-refractivity contribution in [2.24, 2.45) is 5.92 Å². The molecule has 0 aliphatic carbocycles. The summed E-state index contributed by atoms with van der Waals surface area (Å²) in [5.74, 6) is -0.512. The highest BCUT2D eigenvalue weighted by atomic mass is 16.8. The van der Waals surface area contributed by atoms with Crippen molar-refractivity contribution in [2.75, 3.05) is 0 Å². The summed E-state index contributed by atoms with van der Waals surface area (Å²) in [6.07, 6.45) is -0.0561. The minimum atomic E-state index is -0.586. The maximum Gasteiger partial charge on any atom is 0.188 e. The average molecular weight is 186 g/mol. The molecule has 13 heavy (non-hydrogen) atoms. The van der Waals surface area contributed by atoms with Gasteiger partial charge in [0, 0.05) is 5.92 Å². The highest BCUT2D eigenvalue weighted by Crippen LogP contribution is 2.39. The van der Waals surface area contributed by atoms with Gasteiger partial charge < -0.3 is 19.0 Å². The normalized spacial score (nSPS) is 47.6. The summed E-state index contributed by atoms with van der Waals surface area (Å²) in [5, 5.41) is 0. The summed E-state index contributed by atoms with van der Waals surface area (Å²) in [5.41, 5.74) is 0. The van der Waals surface area contributed by atoms with Crippen molar-refractivity contribution >= 4 is 6.29 Å². The standard InChI is InChI=1S/C9H14O4/c1-5-6(4-10)11-8-7(5)12-9(2,3)13-8/h4-8H,1-3H3/t5-,6?,7+,8+/m0/s1. The molecular formula is C9H14O4. The fourth-order valence-electron chi connectivity index (χ4n) is 1.84. The zero-order valence-electron chi connectivity index (χ0n) is 8.02. The number of fused-ring (bicyclic) bond motifs is 1. The highest BCUT2D eigenvalue weighted by molar-refractivity contribution is 5.57. The lowest BCUT2D eigenvalue weighted by Crippen LogP contribution is -2.29. The van der Waals surface area contributed by atoms with Gasteiger partial charge in [-0.3, -0.25) is 0 Å². The van der Waals surface area contributed by atoms with Crippen LogP contribution in [0.2, 0.25) is 0 Å². The molecule has 0 N–H and O–H groups in total. The zero-order valence-corrected chi connectivity index (χ0v) is 8.02. The fourth-order valence-corrected chi connectivity index (χ4v) is 1.84. The van der Waals surface area contributed by atoms with E-state index in [4.69, 9.17) is 14.2 Å². The molecule has 74 valence electrons. The summed E-state index contributed by atoms with van der Waals surface area (Å²) in [6, 6.07) is 0.